The predicted molar refractivity (Wildman–Crippen MR) is 24.0 cm³/mol. The van der Waals surface area contributed by atoms with Gasteiger partial charge in [-0.25, -0.2) is 0 Å². The molecule has 1 nitrogen and oxygen atoms in total. The lowest BCUT2D eigenvalue weighted by Crippen LogP contribution is -3.00. The normalized spacial score (nSPS) is 11.2. The third-order valence-electron chi connectivity index (χ3n) is 0.586. The summed E-state index contributed by atoms with van der Waals surface area (Å²) in [6.07, 6.45) is 0. The second-order valence-corrected chi connectivity index (χ2v) is 2.39. The van der Waals surface area contributed by atoms with Gasteiger partial charge in [-0.15, -0.1) is 0 Å². The fraction of sp³-hybridized carbons (Fsp3) is 1.00. The van der Waals surface area contributed by atoms with Gasteiger partial charge in [0.15, 0.2) is 0 Å². The molecule has 0 saturated carbocycles. The van der Waals surface area contributed by atoms with E-state index < -0.39 is 6.55 Å². The van der Waals surface area contributed by atoms with Crippen molar-refractivity contribution in [1.82, 2.24) is 0 Å². The highest BCUT2D eigenvalue weighted by Gasteiger charge is 2.19. The first-order valence-electron chi connectivity index (χ1n) is 2.04. The Morgan fingerprint density at radius 2 is 1.25 bits per heavy atom. The molecular weight excluding hydrogens is 136 g/mol. The summed E-state index contributed by atoms with van der Waals surface area (Å²) in [7, 11) is 4.35. The summed E-state index contributed by atoms with van der Waals surface area (Å²) in [5.41, 5.74) is 0. The average molecular weight is 146 g/mol. The topological polar surface area (TPSA) is 0 Å². The Balaban J connectivity index is 0. The van der Waals surface area contributed by atoms with Crippen LogP contribution < -0.4 is 12.4 Å². The first kappa shape index (κ1) is 11.0. The third-order valence-corrected chi connectivity index (χ3v) is 0.586. The monoisotopic (exact) mass is 145 g/mol. The van der Waals surface area contributed by atoms with E-state index in [9.17, 15) is 8.78 Å². The van der Waals surface area contributed by atoms with Crippen molar-refractivity contribution in [2.75, 3.05) is 21.1 Å². The zero-order valence-corrected chi connectivity index (χ0v) is 5.91. The van der Waals surface area contributed by atoms with Crippen LogP contribution in [0.5, 0.6) is 0 Å². The summed E-state index contributed by atoms with van der Waals surface area (Å²) in [5.74, 6) is 0. The minimum atomic E-state index is -2.26. The first-order chi connectivity index (χ1) is 2.94. The first-order valence-corrected chi connectivity index (χ1v) is 2.04. The van der Waals surface area contributed by atoms with Gasteiger partial charge >= 0.3 is 6.55 Å². The number of halogens is 3. The van der Waals surface area contributed by atoms with E-state index >= 15 is 0 Å². The average Bonchev–Trinajstić information content (AvgIpc) is 1.31. The van der Waals surface area contributed by atoms with Crippen LogP contribution in [0, 0.1) is 0 Å². The van der Waals surface area contributed by atoms with Crippen LogP contribution >= 0.6 is 0 Å². The van der Waals surface area contributed by atoms with E-state index in [1.54, 1.807) is 0 Å². The van der Waals surface area contributed by atoms with Crippen molar-refractivity contribution in [3.63, 3.8) is 0 Å². The van der Waals surface area contributed by atoms with E-state index in [0.29, 0.717) is 0 Å². The third kappa shape index (κ3) is 4.27. The highest BCUT2D eigenvalue weighted by molar-refractivity contribution is 4.07. The van der Waals surface area contributed by atoms with Crippen molar-refractivity contribution < 1.29 is 25.7 Å². The molecule has 0 spiro atoms. The number of alkyl halides is 2. The summed E-state index contributed by atoms with van der Waals surface area (Å²) in [4.78, 5) is 0. The van der Waals surface area contributed by atoms with Crippen LogP contribution in [0.15, 0.2) is 0 Å². The lowest BCUT2D eigenvalue weighted by molar-refractivity contribution is -0.927. The van der Waals surface area contributed by atoms with Crippen LogP contribution in [0.1, 0.15) is 0 Å². The van der Waals surface area contributed by atoms with Gasteiger partial charge in [0.25, 0.3) is 0 Å². The summed E-state index contributed by atoms with van der Waals surface area (Å²) < 4.78 is 22.8. The van der Waals surface area contributed by atoms with Gasteiger partial charge in [0.2, 0.25) is 0 Å². The van der Waals surface area contributed by atoms with Crippen molar-refractivity contribution in [3.05, 3.63) is 0 Å². The molecule has 8 heavy (non-hydrogen) atoms. The highest BCUT2D eigenvalue weighted by Crippen LogP contribution is 2.03. The molecule has 0 bridgehead atoms. The number of quaternary nitrogens is 1. The maximum absolute atomic E-state index is 11.5. The Labute approximate surface area is 54.3 Å². The maximum atomic E-state index is 11.5. The second-order valence-electron chi connectivity index (χ2n) is 2.39. The van der Waals surface area contributed by atoms with Crippen LogP contribution in [0.4, 0.5) is 8.78 Å². The standard InChI is InChI=1S/C4H10F2N.ClH/c1-7(2,3)4(5)6;/h4H,1-3H3;1H/q+1;/p-1. The summed E-state index contributed by atoms with van der Waals surface area (Å²) in [6, 6.07) is 0. The molecule has 0 saturated heterocycles. The summed E-state index contributed by atoms with van der Waals surface area (Å²) >= 11 is 0. The zero-order chi connectivity index (χ0) is 6.08. The fourth-order valence-electron chi connectivity index (χ4n) is 0. The van der Waals surface area contributed by atoms with Crippen molar-refractivity contribution in [3.8, 4) is 0 Å². The summed E-state index contributed by atoms with van der Waals surface area (Å²) in [6.45, 7) is -2.26. The van der Waals surface area contributed by atoms with Crippen LogP contribution in [0.3, 0.4) is 0 Å². The van der Waals surface area contributed by atoms with E-state index in [0.717, 1.165) is 0 Å². The molecule has 0 atom stereocenters. The molecule has 0 amide bonds. The van der Waals surface area contributed by atoms with Crippen molar-refractivity contribution >= 4 is 0 Å². The Bertz CT molecular complexity index is 59.5. The Hall–Kier alpha value is 0.110. The molecule has 0 aliphatic carbocycles. The molecule has 0 radical (unpaired) electrons. The highest BCUT2D eigenvalue weighted by atomic mass is 35.5. The van der Waals surface area contributed by atoms with Crippen LogP contribution in [-0.2, 0) is 0 Å². The van der Waals surface area contributed by atoms with Crippen LogP contribution in [0.2, 0.25) is 0 Å². The van der Waals surface area contributed by atoms with E-state index in [1.165, 1.54) is 21.1 Å². The molecule has 0 fully saturated rings. The minimum absolute atomic E-state index is 0. The molecule has 0 unspecified atom stereocenters. The van der Waals surface area contributed by atoms with Crippen LogP contribution in [-0.4, -0.2) is 32.2 Å². The predicted octanol–water partition coefficient (Wildman–Crippen LogP) is -2.08. The number of hydrogen-bond donors (Lipinski definition) is 0. The molecule has 0 aliphatic heterocycles. The molecule has 0 aromatic rings. The fourth-order valence-corrected chi connectivity index (χ4v) is 0. The van der Waals surface area contributed by atoms with E-state index in [1.807, 2.05) is 0 Å². The smallest absolute Gasteiger partial charge is 0.380 e. The molecular formula is C4H10ClF2N. The number of nitrogens with zero attached hydrogens (tertiary/aromatic N) is 1. The Morgan fingerprint density at radius 1 is 1.12 bits per heavy atom. The lowest BCUT2D eigenvalue weighted by atomic mass is 10.7. The quantitative estimate of drug-likeness (QED) is 0.294. The van der Waals surface area contributed by atoms with Gasteiger partial charge in [0.1, 0.15) is 0 Å². The molecule has 52 valence electrons. The number of rotatable bonds is 1. The summed E-state index contributed by atoms with van der Waals surface area (Å²) in [5, 5.41) is 0. The van der Waals surface area contributed by atoms with Crippen molar-refractivity contribution in [2.24, 2.45) is 0 Å². The van der Waals surface area contributed by atoms with Gasteiger partial charge < -0.3 is 12.4 Å². The molecule has 0 rings (SSSR count). The molecule has 0 heterocycles. The van der Waals surface area contributed by atoms with Gasteiger partial charge in [-0.3, -0.25) is 4.48 Å². The van der Waals surface area contributed by atoms with Crippen molar-refractivity contribution in [1.29, 1.82) is 0 Å². The second kappa shape index (κ2) is 3.20. The van der Waals surface area contributed by atoms with Crippen molar-refractivity contribution in [2.45, 2.75) is 6.55 Å². The van der Waals surface area contributed by atoms with E-state index in [2.05, 4.69) is 0 Å². The van der Waals surface area contributed by atoms with E-state index in [4.69, 9.17) is 0 Å². The number of hydrogen-bond acceptors (Lipinski definition) is 0. The molecule has 0 aromatic heterocycles. The van der Waals surface area contributed by atoms with E-state index in [-0.39, 0.29) is 16.9 Å². The van der Waals surface area contributed by atoms with Gasteiger partial charge in [0, 0.05) is 0 Å². The largest absolute Gasteiger partial charge is 1.00 e. The molecule has 0 aromatic carbocycles. The Morgan fingerprint density at radius 3 is 1.25 bits per heavy atom. The van der Waals surface area contributed by atoms with Gasteiger partial charge in [-0.05, 0) is 0 Å². The van der Waals surface area contributed by atoms with Gasteiger partial charge in [0.05, 0.1) is 21.1 Å². The molecule has 0 aliphatic rings. The van der Waals surface area contributed by atoms with Gasteiger partial charge in [-0.2, -0.15) is 8.78 Å². The Kier molecular flexibility index (Phi) is 4.39. The maximum Gasteiger partial charge on any atom is 0.380 e. The lowest BCUT2D eigenvalue weighted by Gasteiger charge is -2.21. The molecule has 0 N–H and O–H groups in total. The minimum Gasteiger partial charge on any atom is -1.00 e. The molecule has 4 heteroatoms. The SMILES string of the molecule is C[N+](C)(C)C(F)F.[Cl-]. The van der Waals surface area contributed by atoms with Gasteiger partial charge in [-0.1, -0.05) is 0 Å². The van der Waals surface area contributed by atoms with Crippen LogP contribution in [0.25, 0.3) is 0 Å². The zero-order valence-electron chi connectivity index (χ0n) is 5.16.